The van der Waals surface area contributed by atoms with E-state index in [1.54, 1.807) is 13.8 Å². The molecule has 0 saturated heterocycles. The lowest BCUT2D eigenvalue weighted by atomic mass is 10.1. The van der Waals surface area contributed by atoms with Crippen LogP contribution in [0.1, 0.15) is 47.8 Å². The van der Waals surface area contributed by atoms with Crippen LogP contribution in [0.2, 0.25) is 0 Å². The number of hydrogen-bond acceptors (Lipinski definition) is 4. The topological polar surface area (TPSA) is 87.8 Å². The van der Waals surface area contributed by atoms with Crippen molar-refractivity contribution >= 4 is 5.91 Å². The maximum Gasteiger partial charge on any atom is 0.285 e. The highest BCUT2D eigenvalue weighted by Crippen LogP contribution is 2.13. The summed E-state index contributed by atoms with van der Waals surface area (Å²) in [5.74, 6) is -0.325. The zero-order chi connectivity index (χ0) is 18.6. The van der Waals surface area contributed by atoms with Crippen LogP contribution >= 0.6 is 0 Å². The van der Waals surface area contributed by atoms with Crippen LogP contribution < -0.4 is 10.9 Å². The normalized spacial score (nSPS) is 11.6. The van der Waals surface area contributed by atoms with E-state index >= 15 is 0 Å². The Morgan fingerprint density at radius 1 is 1.32 bits per heavy atom. The van der Waals surface area contributed by atoms with E-state index in [9.17, 15) is 9.59 Å². The molecule has 0 saturated carbocycles. The molecule has 0 unspecified atom stereocenters. The summed E-state index contributed by atoms with van der Waals surface area (Å²) in [6, 6.07) is 9.74. The molecule has 0 radical (unpaired) electrons. The van der Waals surface area contributed by atoms with Gasteiger partial charge in [-0.2, -0.15) is 10.4 Å². The van der Waals surface area contributed by atoms with Crippen molar-refractivity contribution in [3.05, 3.63) is 62.6 Å². The van der Waals surface area contributed by atoms with Gasteiger partial charge in [-0.25, -0.2) is 4.68 Å². The van der Waals surface area contributed by atoms with Gasteiger partial charge in [0, 0.05) is 0 Å². The first-order chi connectivity index (χ1) is 11.9. The van der Waals surface area contributed by atoms with E-state index in [-0.39, 0.29) is 24.1 Å². The second-order valence-corrected chi connectivity index (χ2v) is 6.04. The van der Waals surface area contributed by atoms with E-state index < -0.39 is 5.56 Å². The molecule has 1 amide bonds. The number of nitriles is 1. The Morgan fingerprint density at radius 2 is 1.96 bits per heavy atom. The number of aryl methyl sites for hydroxylation is 2. The fourth-order valence-electron chi connectivity index (χ4n) is 2.56. The number of nitrogens with zero attached hydrogens (tertiary/aromatic N) is 3. The molecular weight excluding hydrogens is 316 g/mol. The van der Waals surface area contributed by atoms with Gasteiger partial charge in [0.25, 0.3) is 5.56 Å². The molecule has 2 aromatic rings. The van der Waals surface area contributed by atoms with Gasteiger partial charge in [0.05, 0.1) is 11.7 Å². The Balaban J connectivity index is 2.13. The molecule has 1 N–H and O–H groups in total. The van der Waals surface area contributed by atoms with E-state index in [0.717, 1.165) is 16.7 Å². The molecule has 6 nitrogen and oxygen atoms in total. The monoisotopic (exact) mass is 338 g/mol. The minimum absolute atomic E-state index is 0.0310. The van der Waals surface area contributed by atoms with Gasteiger partial charge in [-0.3, -0.25) is 9.59 Å². The Morgan fingerprint density at radius 3 is 2.52 bits per heavy atom. The molecule has 0 fully saturated rings. The van der Waals surface area contributed by atoms with Gasteiger partial charge in [-0.15, -0.1) is 0 Å². The number of hydrogen-bond donors (Lipinski definition) is 1. The van der Waals surface area contributed by atoms with E-state index in [4.69, 9.17) is 5.26 Å². The lowest BCUT2D eigenvalue weighted by Gasteiger charge is -2.15. The van der Waals surface area contributed by atoms with Crippen LogP contribution in [-0.2, 0) is 17.8 Å². The highest BCUT2D eigenvalue weighted by Gasteiger charge is 2.15. The van der Waals surface area contributed by atoms with Crippen LogP contribution in [0.5, 0.6) is 0 Å². The van der Waals surface area contributed by atoms with Crippen molar-refractivity contribution in [3.63, 3.8) is 0 Å². The molecule has 0 aliphatic rings. The van der Waals surface area contributed by atoms with Crippen molar-refractivity contribution in [3.8, 4) is 6.07 Å². The number of rotatable bonds is 5. The van der Waals surface area contributed by atoms with Gasteiger partial charge in [-0.05, 0) is 43.9 Å². The van der Waals surface area contributed by atoms with Crippen LogP contribution in [0, 0.1) is 25.2 Å². The molecule has 130 valence electrons. The van der Waals surface area contributed by atoms with Gasteiger partial charge in [0.2, 0.25) is 5.91 Å². The van der Waals surface area contributed by atoms with Crippen LogP contribution in [0.15, 0.2) is 29.1 Å². The molecule has 25 heavy (non-hydrogen) atoms. The molecule has 0 aliphatic heterocycles. The second-order valence-electron chi connectivity index (χ2n) is 6.04. The first-order valence-electron chi connectivity index (χ1n) is 8.24. The van der Waals surface area contributed by atoms with Crippen molar-refractivity contribution in [2.75, 3.05) is 0 Å². The van der Waals surface area contributed by atoms with Gasteiger partial charge < -0.3 is 5.32 Å². The average Bonchev–Trinajstić information content (AvgIpc) is 2.60. The van der Waals surface area contributed by atoms with E-state index in [1.165, 1.54) is 5.56 Å². The smallest absolute Gasteiger partial charge is 0.285 e. The zero-order valence-corrected chi connectivity index (χ0v) is 15.0. The molecule has 2 rings (SSSR count). The van der Waals surface area contributed by atoms with Gasteiger partial charge in [0.15, 0.2) is 0 Å². The summed E-state index contributed by atoms with van der Waals surface area (Å²) in [7, 11) is 0. The van der Waals surface area contributed by atoms with Crippen molar-refractivity contribution in [1.82, 2.24) is 15.1 Å². The molecule has 1 aromatic carbocycles. The Hall–Kier alpha value is -2.94. The Labute approximate surface area is 147 Å². The highest BCUT2D eigenvalue weighted by atomic mass is 16.2. The molecule has 1 aromatic heterocycles. The lowest BCUT2D eigenvalue weighted by molar-refractivity contribution is -0.122. The summed E-state index contributed by atoms with van der Waals surface area (Å²) < 4.78 is 1.04. The fourth-order valence-corrected chi connectivity index (χ4v) is 2.56. The second kappa shape index (κ2) is 7.75. The van der Waals surface area contributed by atoms with Gasteiger partial charge in [-0.1, -0.05) is 31.2 Å². The molecule has 1 heterocycles. The van der Waals surface area contributed by atoms with Crippen LogP contribution in [0.3, 0.4) is 0 Å². The quantitative estimate of drug-likeness (QED) is 0.905. The molecular formula is C19H22N4O2. The van der Waals surface area contributed by atoms with Crippen LogP contribution in [0.25, 0.3) is 0 Å². The highest BCUT2D eigenvalue weighted by molar-refractivity contribution is 5.76. The van der Waals surface area contributed by atoms with Crippen LogP contribution in [-0.4, -0.2) is 15.7 Å². The molecule has 6 heteroatoms. The first-order valence-corrected chi connectivity index (χ1v) is 8.24. The summed E-state index contributed by atoms with van der Waals surface area (Å²) in [5, 5.41) is 16.1. The van der Waals surface area contributed by atoms with Crippen LogP contribution in [0.4, 0.5) is 0 Å². The predicted octanol–water partition coefficient (Wildman–Crippen LogP) is 2.17. The molecule has 0 spiro atoms. The lowest BCUT2D eigenvalue weighted by Crippen LogP contribution is -2.36. The third kappa shape index (κ3) is 4.13. The van der Waals surface area contributed by atoms with Gasteiger partial charge in [0.1, 0.15) is 18.2 Å². The minimum atomic E-state index is -0.541. The molecule has 0 aliphatic carbocycles. The van der Waals surface area contributed by atoms with E-state index in [2.05, 4.69) is 17.3 Å². The van der Waals surface area contributed by atoms with Crippen molar-refractivity contribution in [2.45, 2.75) is 46.7 Å². The standard InChI is InChI=1S/C19H22N4O2/c1-5-15-6-8-16(9-7-15)14(4)21-18(24)11-23-19(25)17(10-20)12(2)13(3)22-23/h6-9,14H,5,11H2,1-4H3,(H,21,24)/t14-/m1/s1. The van der Waals surface area contributed by atoms with Crippen molar-refractivity contribution in [2.24, 2.45) is 0 Å². The summed E-state index contributed by atoms with van der Waals surface area (Å²) in [6.45, 7) is 7.14. The van der Waals surface area contributed by atoms with Crippen molar-refractivity contribution < 1.29 is 4.79 Å². The number of amides is 1. The summed E-state index contributed by atoms with van der Waals surface area (Å²) in [6.07, 6.45) is 0.962. The molecule has 1 atom stereocenters. The fraction of sp³-hybridized carbons (Fsp3) is 0.368. The van der Waals surface area contributed by atoms with E-state index in [0.29, 0.717) is 11.3 Å². The SMILES string of the molecule is CCc1ccc([C@@H](C)NC(=O)Cn2nc(C)c(C)c(C#N)c2=O)cc1. The largest absolute Gasteiger partial charge is 0.348 e. The van der Waals surface area contributed by atoms with E-state index in [1.807, 2.05) is 37.3 Å². The third-order valence-corrected chi connectivity index (χ3v) is 4.31. The third-order valence-electron chi connectivity index (χ3n) is 4.31. The Bertz CT molecular complexity index is 876. The zero-order valence-electron chi connectivity index (χ0n) is 15.0. The van der Waals surface area contributed by atoms with Gasteiger partial charge >= 0.3 is 0 Å². The summed E-state index contributed by atoms with van der Waals surface area (Å²) in [4.78, 5) is 24.5. The number of carbonyl (C=O) groups is 1. The summed E-state index contributed by atoms with van der Waals surface area (Å²) in [5.41, 5.74) is 2.82. The minimum Gasteiger partial charge on any atom is -0.348 e. The first kappa shape index (κ1) is 18.4. The average molecular weight is 338 g/mol. The number of benzene rings is 1. The predicted molar refractivity (Wildman–Crippen MR) is 95.1 cm³/mol. The number of aromatic nitrogens is 2. The van der Waals surface area contributed by atoms with Crippen molar-refractivity contribution in [1.29, 1.82) is 5.26 Å². The summed E-state index contributed by atoms with van der Waals surface area (Å²) >= 11 is 0. The maximum atomic E-state index is 12.3. The number of carbonyl (C=O) groups excluding carboxylic acids is 1. The Kier molecular flexibility index (Phi) is 5.71. The molecule has 0 bridgehead atoms. The maximum absolute atomic E-state index is 12.3. The number of nitrogens with one attached hydrogen (secondary N) is 1.